The molecule has 0 heterocycles. The van der Waals surface area contributed by atoms with Crippen LogP contribution in [0.25, 0.3) is 0 Å². The second kappa shape index (κ2) is 3.94. The molecule has 0 aromatic carbocycles. The average molecular weight is 235 g/mol. The molecule has 1 atom stereocenters. The molecular formula is C5H6BrF3O2. The van der Waals surface area contributed by atoms with E-state index in [-0.39, 0.29) is 0 Å². The quantitative estimate of drug-likeness (QED) is 0.539. The summed E-state index contributed by atoms with van der Waals surface area (Å²) in [5.41, 5.74) is 0. The van der Waals surface area contributed by atoms with Crippen LogP contribution < -0.4 is 0 Å². The molecule has 0 aliphatic rings. The maximum atomic E-state index is 11.4. The van der Waals surface area contributed by atoms with E-state index in [9.17, 15) is 18.0 Å². The van der Waals surface area contributed by atoms with E-state index in [1.807, 2.05) is 0 Å². The van der Waals surface area contributed by atoms with Crippen molar-refractivity contribution in [2.24, 2.45) is 0 Å². The zero-order valence-electron chi connectivity index (χ0n) is 5.61. The van der Waals surface area contributed by atoms with Crippen LogP contribution in [0.1, 0.15) is 6.92 Å². The summed E-state index contributed by atoms with van der Waals surface area (Å²) in [6.07, 6.45) is -4.45. The molecule has 0 saturated heterocycles. The van der Waals surface area contributed by atoms with Crippen LogP contribution in [0.2, 0.25) is 0 Å². The molecule has 0 unspecified atom stereocenters. The fourth-order valence-corrected chi connectivity index (χ4v) is 0.400. The van der Waals surface area contributed by atoms with Gasteiger partial charge in [-0.3, -0.25) is 4.79 Å². The molecule has 0 bridgehead atoms. The van der Waals surface area contributed by atoms with Crippen molar-refractivity contribution in [3.63, 3.8) is 0 Å². The summed E-state index contributed by atoms with van der Waals surface area (Å²) in [5.74, 6) is -0.915. The van der Waals surface area contributed by atoms with Crippen LogP contribution >= 0.6 is 15.9 Å². The number of ether oxygens (including phenoxy) is 1. The number of hydrogen-bond acceptors (Lipinski definition) is 2. The lowest BCUT2D eigenvalue weighted by Crippen LogP contribution is -2.23. The zero-order valence-corrected chi connectivity index (χ0v) is 7.20. The highest BCUT2D eigenvalue weighted by atomic mass is 79.9. The van der Waals surface area contributed by atoms with Gasteiger partial charge in [0.2, 0.25) is 0 Å². The molecule has 66 valence electrons. The Labute approximate surface area is 69.8 Å². The van der Waals surface area contributed by atoms with Gasteiger partial charge in [-0.25, -0.2) is 0 Å². The fraction of sp³-hybridized carbons (Fsp3) is 0.800. The Bertz CT molecular complexity index is 143. The van der Waals surface area contributed by atoms with Gasteiger partial charge in [0.25, 0.3) is 0 Å². The number of esters is 1. The minimum atomic E-state index is -4.45. The molecule has 0 spiro atoms. The number of carbonyl (C=O) groups excluding carboxylic acids is 1. The minimum absolute atomic E-state index is 0.704. The third-order valence-electron chi connectivity index (χ3n) is 0.703. The maximum absolute atomic E-state index is 11.4. The molecule has 0 aromatic heterocycles. The number of rotatable bonds is 2. The third-order valence-corrected chi connectivity index (χ3v) is 1.08. The first kappa shape index (κ1) is 10.7. The van der Waals surface area contributed by atoms with E-state index in [0.717, 1.165) is 0 Å². The van der Waals surface area contributed by atoms with Crippen molar-refractivity contribution >= 4 is 21.9 Å². The van der Waals surface area contributed by atoms with Gasteiger partial charge in [-0.1, -0.05) is 15.9 Å². The van der Waals surface area contributed by atoms with E-state index in [2.05, 4.69) is 20.7 Å². The van der Waals surface area contributed by atoms with E-state index in [1.54, 1.807) is 0 Å². The number of alkyl halides is 4. The van der Waals surface area contributed by atoms with Gasteiger partial charge in [0.05, 0.1) is 0 Å². The Morgan fingerprint density at radius 3 is 2.36 bits per heavy atom. The molecule has 0 aliphatic carbocycles. The number of carbonyl (C=O) groups is 1. The normalized spacial score (nSPS) is 14.3. The van der Waals surface area contributed by atoms with Crippen molar-refractivity contribution in [1.29, 1.82) is 0 Å². The van der Waals surface area contributed by atoms with Crippen LogP contribution in [0, 0.1) is 0 Å². The van der Waals surface area contributed by atoms with E-state index in [0.29, 0.717) is 0 Å². The third kappa shape index (κ3) is 6.15. The van der Waals surface area contributed by atoms with Crippen molar-refractivity contribution in [3.8, 4) is 0 Å². The summed E-state index contributed by atoms with van der Waals surface area (Å²) in [6.45, 7) is -0.138. The monoisotopic (exact) mass is 234 g/mol. The average Bonchev–Trinajstić information content (AvgIpc) is 1.80. The molecule has 0 radical (unpaired) electrons. The Hall–Kier alpha value is -0.260. The molecule has 0 amide bonds. The molecule has 2 nitrogen and oxygen atoms in total. The Balaban J connectivity index is 3.64. The van der Waals surface area contributed by atoms with Gasteiger partial charge < -0.3 is 4.74 Å². The van der Waals surface area contributed by atoms with Crippen molar-refractivity contribution in [2.75, 3.05) is 6.61 Å². The lowest BCUT2D eigenvalue weighted by atomic mass is 10.5. The van der Waals surface area contributed by atoms with E-state index in [1.165, 1.54) is 6.92 Å². The fourth-order valence-electron chi connectivity index (χ4n) is 0.268. The minimum Gasteiger partial charge on any atom is -0.455 e. The summed E-state index contributed by atoms with van der Waals surface area (Å²) in [7, 11) is 0. The predicted octanol–water partition coefficient (Wildman–Crippen LogP) is 1.88. The molecule has 6 heteroatoms. The second-order valence-electron chi connectivity index (χ2n) is 1.84. The summed E-state index contributed by atoms with van der Waals surface area (Å²) in [6, 6.07) is 0. The summed E-state index contributed by atoms with van der Waals surface area (Å²) < 4.78 is 38.0. The van der Waals surface area contributed by atoms with Gasteiger partial charge in [-0.05, 0) is 6.92 Å². The summed E-state index contributed by atoms with van der Waals surface area (Å²) in [4.78, 5) is 9.72. The van der Waals surface area contributed by atoms with Gasteiger partial charge in [-0.15, -0.1) is 0 Å². The Morgan fingerprint density at radius 1 is 1.64 bits per heavy atom. The molecule has 0 aromatic rings. The van der Waals surface area contributed by atoms with Crippen LogP contribution in [0.15, 0.2) is 0 Å². The van der Waals surface area contributed by atoms with Crippen molar-refractivity contribution in [3.05, 3.63) is 0 Å². The summed E-state index contributed by atoms with van der Waals surface area (Å²) in [5, 5.41) is 0. The van der Waals surface area contributed by atoms with Crippen molar-refractivity contribution in [2.45, 2.75) is 17.9 Å². The van der Waals surface area contributed by atoms with E-state index >= 15 is 0 Å². The molecular weight excluding hydrogens is 229 g/mol. The first-order valence-electron chi connectivity index (χ1n) is 2.70. The SMILES string of the molecule is C[C@@H](Br)C(=O)OCC(F)(F)F. The van der Waals surface area contributed by atoms with E-state index < -0.39 is 23.6 Å². The first-order valence-corrected chi connectivity index (χ1v) is 3.62. The topological polar surface area (TPSA) is 26.3 Å². The standard InChI is InChI=1S/C5H6BrF3O2/c1-3(6)4(10)11-2-5(7,8)9/h3H,2H2,1H3/t3-/m1/s1. The lowest BCUT2D eigenvalue weighted by Gasteiger charge is -2.08. The molecule has 11 heavy (non-hydrogen) atoms. The maximum Gasteiger partial charge on any atom is 0.422 e. The Morgan fingerprint density at radius 2 is 2.09 bits per heavy atom. The Kier molecular flexibility index (Phi) is 3.85. The highest BCUT2D eigenvalue weighted by molar-refractivity contribution is 9.10. The molecule has 0 N–H and O–H groups in total. The molecule has 0 aliphatic heterocycles. The lowest BCUT2D eigenvalue weighted by molar-refractivity contribution is -0.185. The second-order valence-corrected chi connectivity index (χ2v) is 3.21. The van der Waals surface area contributed by atoms with Crippen LogP contribution in [-0.2, 0) is 9.53 Å². The van der Waals surface area contributed by atoms with Gasteiger partial charge in [0, 0.05) is 0 Å². The smallest absolute Gasteiger partial charge is 0.422 e. The first-order chi connectivity index (χ1) is 4.83. The molecule has 0 saturated carbocycles. The van der Waals surface area contributed by atoms with Gasteiger partial charge in [-0.2, -0.15) is 13.2 Å². The van der Waals surface area contributed by atoms with Crippen LogP contribution in [-0.4, -0.2) is 23.6 Å². The highest BCUT2D eigenvalue weighted by Gasteiger charge is 2.30. The number of hydrogen-bond donors (Lipinski definition) is 0. The zero-order chi connectivity index (χ0) is 9.07. The highest BCUT2D eigenvalue weighted by Crippen LogP contribution is 2.15. The van der Waals surface area contributed by atoms with Gasteiger partial charge >= 0.3 is 12.1 Å². The van der Waals surface area contributed by atoms with Crippen molar-refractivity contribution < 1.29 is 22.7 Å². The predicted molar refractivity (Wildman–Crippen MR) is 35.4 cm³/mol. The van der Waals surface area contributed by atoms with Crippen LogP contribution in [0.4, 0.5) is 13.2 Å². The van der Waals surface area contributed by atoms with Gasteiger partial charge in [0.15, 0.2) is 6.61 Å². The van der Waals surface area contributed by atoms with E-state index in [4.69, 9.17) is 0 Å². The van der Waals surface area contributed by atoms with Crippen LogP contribution in [0.3, 0.4) is 0 Å². The largest absolute Gasteiger partial charge is 0.455 e. The van der Waals surface area contributed by atoms with Gasteiger partial charge in [0.1, 0.15) is 4.83 Å². The molecule has 0 rings (SSSR count). The molecule has 0 fully saturated rings. The summed E-state index contributed by atoms with van der Waals surface area (Å²) >= 11 is 2.77. The van der Waals surface area contributed by atoms with Crippen LogP contribution in [0.5, 0.6) is 0 Å². The number of halogens is 4. The van der Waals surface area contributed by atoms with Crippen molar-refractivity contribution in [1.82, 2.24) is 0 Å².